The molecule has 1 saturated heterocycles. The van der Waals surface area contributed by atoms with Gasteiger partial charge in [0.25, 0.3) is 5.89 Å². The van der Waals surface area contributed by atoms with Gasteiger partial charge in [0, 0.05) is 12.5 Å². The molecule has 1 saturated carbocycles. The number of aryl methyl sites for hydroxylation is 2. The van der Waals surface area contributed by atoms with E-state index in [1.807, 2.05) is 20.8 Å². The molecular formula is C15H20N6O2. The molecule has 0 unspecified atom stereocenters. The number of morpholine rings is 1. The van der Waals surface area contributed by atoms with E-state index in [0.29, 0.717) is 30.8 Å². The summed E-state index contributed by atoms with van der Waals surface area (Å²) < 4.78 is 11.4. The van der Waals surface area contributed by atoms with Crippen molar-refractivity contribution in [1.29, 1.82) is 0 Å². The van der Waals surface area contributed by atoms with Crippen LogP contribution in [0.1, 0.15) is 54.9 Å². The van der Waals surface area contributed by atoms with Gasteiger partial charge in [-0.05, 0) is 33.6 Å². The van der Waals surface area contributed by atoms with Crippen LogP contribution in [0.2, 0.25) is 0 Å². The molecule has 8 nitrogen and oxygen atoms in total. The second kappa shape index (κ2) is 5.52. The van der Waals surface area contributed by atoms with Crippen LogP contribution in [-0.2, 0) is 4.74 Å². The molecule has 122 valence electrons. The highest BCUT2D eigenvalue weighted by atomic mass is 16.5. The fourth-order valence-electron chi connectivity index (χ4n) is 2.72. The van der Waals surface area contributed by atoms with Crippen molar-refractivity contribution in [2.75, 3.05) is 18.0 Å². The van der Waals surface area contributed by atoms with Gasteiger partial charge in [-0.15, -0.1) is 5.10 Å². The molecule has 2 fully saturated rings. The van der Waals surface area contributed by atoms with Crippen LogP contribution in [0.25, 0.3) is 0 Å². The summed E-state index contributed by atoms with van der Waals surface area (Å²) in [5.74, 6) is 2.43. The van der Waals surface area contributed by atoms with E-state index in [9.17, 15) is 0 Å². The zero-order valence-corrected chi connectivity index (χ0v) is 13.6. The summed E-state index contributed by atoms with van der Waals surface area (Å²) in [6.07, 6.45) is 2.06. The fraction of sp³-hybridized carbons (Fsp3) is 0.667. The zero-order valence-electron chi connectivity index (χ0n) is 13.6. The first-order valence-corrected chi connectivity index (χ1v) is 8.02. The molecule has 8 heteroatoms. The molecule has 4 rings (SSSR count). The first-order chi connectivity index (χ1) is 11.1. The maximum absolute atomic E-state index is 5.98. The second-order valence-corrected chi connectivity index (χ2v) is 6.39. The summed E-state index contributed by atoms with van der Waals surface area (Å²) in [7, 11) is 0. The fourth-order valence-corrected chi connectivity index (χ4v) is 2.72. The Morgan fingerprint density at radius 1 is 1.04 bits per heavy atom. The highest BCUT2D eigenvalue weighted by Gasteiger charge is 2.34. The van der Waals surface area contributed by atoms with E-state index in [2.05, 4.69) is 30.2 Å². The molecule has 0 N–H and O–H groups in total. The summed E-state index contributed by atoms with van der Waals surface area (Å²) in [4.78, 5) is 11.1. The highest BCUT2D eigenvalue weighted by Crippen LogP contribution is 2.39. The minimum Gasteiger partial charge on any atom is -0.362 e. The summed E-state index contributed by atoms with van der Waals surface area (Å²) in [5, 5.41) is 12.5. The van der Waals surface area contributed by atoms with E-state index in [4.69, 9.17) is 9.26 Å². The first kappa shape index (κ1) is 14.5. The second-order valence-electron chi connectivity index (χ2n) is 6.39. The summed E-state index contributed by atoms with van der Waals surface area (Å²) in [6, 6.07) is 0. The van der Waals surface area contributed by atoms with Crippen molar-refractivity contribution in [3.05, 3.63) is 23.1 Å². The van der Waals surface area contributed by atoms with Gasteiger partial charge in [-0.25, -0.2) is 4.98 Å². The minimum absolute atomic E-state index is 0.0234. The van der Waals surface area contributed by atoms with Gasteiger partial charge < -0.3 is 14.2 Å². The van der Waals surface area contributed by atoms with Crippen LogP contribution in [0.3, 0.4) is 0 Å². The minimum atomic E-state index is -0.260. The van der Waals surface area contributed by atoms with Crippen LogP contribution in [0.4, 0.5) is 5.95 Å². The van der Waals surface area contributed by atoms with Gasteiger partial charge in [0.2, 0.25) is 5.95 Å². The molecule has 3 heterocycles. The van der Waals surface area contributed by atoms with E-state index < -0.39 is 0 Å². The third kappa shape index (κ3) is 2.90. The third-order valence-electron chi connectivity index (χ3n) is 4.30. The van der Waals surface area contributed by atoms with E-state index >= 15 is 0 Å². The lowest BCUT2D eigenvalue weighted by atomic mass is 10.2. The smallest absolute Gasteiger partial charge is 0.257 e. The average molecular weight is 316 g/mol. The number of hydrogen-bond acceptors (Lipinski definition) is 8. The maximum Gasteiger partial charge on any atom is 0.257 e. The number of aromatic nitrogens is 5. The molecule has 0 radical (unpaired) electrons. The largest absolute Gasteiger partial charge is 0.362 e. The Labute approximate surface area is 134 Å². The Bertz CT molecular complexity index is 714. The molecule has 2 aromatic heterocycles. The monoisotopic (exact) mass is 316 g/mol. The van der Waals surface area contributed by atoms with Crippen LogP contribution in [0.5, 0.6) is 0 Å². The van der Waals surface area contributed by atoms with Crippen molar-refractivity contribution in [1.82, 2.24) is 25.3 Å². The van der Waals surface area contributed by atoms with Crippen LogP contribution in [0, 0.1) is 13.8 Å². The van der Waals surface area contributed by atoms with E-state index in [1.54, 1.807) is 0 Å². The number of rotatable bonds is 3. The summed E-state index contributed by atoms with van der Waals surface area (Å²) in [5.41, 5.74) is 1.73. The van der Waals surface area contributed by atoms with Gasteiger partial charge in [0.15, 0.2) is 11.9 Å². The Balaban J connectivity index is 1.55. The van der Waals surface area contributed by atoms with Gasteiger partial charge >= 0.3 is 0 Å². The molecule has 2 aromatic rings. The van der Waals surface area contributed by atoms with Gasteiger partial charge in [-0.1, -0.05) is 5.16 Å². The summed E-state index contributed by atoms with van der Waals surface area (Å²) in [6.45, 7) is 7.16. The normalized spacial score (nSPS) is 24.9. The number of hydrogen-bond donors (Lipinski definition) is 0. The number of anilines is 1. The first-order valence-electron chi connectivity index (χ1n) is 8.02. The number of ether oxygens (including phenoxy) is 1. The lowest BCUT2D eigenvalue weighted by Gasteiger charge is -2.35. The van der Waals surface area contributed by atoms with Crippen molar-refractivity contribution in [3.63, 3.8) is 0 Å². The average Bonchev–Trinajstić information content (AvgIpc) is 3.26. The molecule has 0 bridgehead atoms. The quantitative estimate of drug-likeness (QED) is 0.845. The molecule has 1 aliphatic heterocycles. The van der Waals surface area contributed by atoms with Gasteiger partial charge in [-0.3, -0.25) is 0 Å². The predicted molar refractivity (Wildman–Crippen MR) is 81.1 cm³/mol. The van der Waals surface area contributed by atoms with Gasteiger partial charge in [0.05, 0.1) is 24.0 Å². The molecule has 2 atom stereocenters. The van der Waals surface area contributed by atoms with Crippen LogP contribution in [-0.4, -0.2) is 44.5 Å². The van der Waals surface area contributed by atoms with Crippen LogP contribution in [0.15, 0.2) is 4.52 Å². The van der Waals surface area contributed by atoms with Gasteiger partial charge in [0.1, 0.15) is 0 Å². The van der Waals surface area contributed by atoms with Crippen molar-refractivity contribution in [2.45, 2.75) is 51.7 Å². The third-order valence-corrected chi connectivity index (χ3v) is 4.30. The SMILES string of the molecule is Cc1nnc(N2C[C@@H](C)O[C@@H](c3nc(C4CC4)no3)C2)nc1C. The lowest BCUT2D eigenvalue weighted by molar-refractivity contribution is -0.0336. The van der Waals surface area contributed by atoms with E-state index in [-0.39, 0.29) is 12.2 Å². The molecule has 0 aromatic carbocycles. The van der Waals surface area contributed by atoms with Crippen molar-refractivity contribution in [3.8, 4) is 0 Å². The van der Waals surface area contributed by atoms with Crippen LogP contribution >= 0.6 is 0 Å². The molecule has 0 spiro atoms. The maximum atomic E-state index is 5.98. The summed E-state index contributed by atoms with van der Waals surface area (Å²) >= 11 is 0. The molecule has 1 aliphatic carbocycles. The van der Waals surface area contributed by atoms with Crippen molar-refractivity contribution in [2.24, 2.45) is 0 Å². The standard InChI is InChI=1S/C15H20N6O2/c1-8-6-21(15-16-9(2)10(3)18-19-15)7-12(22-8)14-17-13(20-23-14)11-4-5-11/h8,11-12H,4-7H2,1-3H3/t8-,12-/m1/s1. The lowest BCUT2D eigenvalue weighted by Crippen LogP contribution is -2.44. The Kier molecular flexibility index (Phi) is 3.48. The predicted octanol–water partition coefficient (Wildman–Crippen LogP) is 1.72. The number of nitrogens with zero attached hydrogens (tertiary/aromatic N) is 6. The molecule has 2 aliphatic rings. The van der Waals surface area contributed by atoms with Crippen LogP contribution < -0.4 is 4.90 Å². The Morgan fingerprint density at radius 3 is 2.61 bits per heavy atom. The van der Waals surface area contributed by atoms with Gasteiger partial charge in [-0.2, -0.15) is 10.1 Å². The Hall–Kier alpha value is -2.09. The van der Waals surface area contributed by atoms with E-state index in [1.165, 1.54) is 0 Å². The Morgan fingerprint density at radius 2 is 1.87 bits per heavy atom. The van der Waals surface area contributed by atoms with E-state index in [0.717, 1.165) is 30.1 Å². The van der Waals surface area contributed by atoms with Crippen molar-refractivity contribution < 1.29 is 9.26 Å². The molecule has 23 heavy (non-hydrogen) atoms. The molecule has 0 amide bonds. The molecular weight excluding hydrogens is 296 g/mol. The van der Waals surface area contributed by atoms with Crippen molar-refractivity contribution >= 4 is 5.95 Å². The zero-order chi connectivity index (χ0) is 16.0. The highest BCUT2D eigenvalue weighted by molar-refractivity contribution is 5.31. The topological polar surface area (TPSA) is 90.1 Å².